The van der Waals surface area contributed by atoms with E-state index in [4.69, 9.17) is 4.74 Å². The van der Waals surface area contributed by atoms with E-state index in [1.54, 1.807) is 0 Å². The smallest absolute Gasteiger partial charge is 0.339 e. The fourth-order valence-corrected chi connectivity index (χ4v) is 2.03. The number of carbonyl (C=O) groups is 2. The molecule has 0 aromatic heterocycles. The molecule has 0 radical (unpaired) electrons. The molecule has 1 N–H and O–H groups in total. The molecule has 0 bridgehead atoms. The topological polar surface area (TPSA) is 98.5 Å². The van der Waals surface area contributed by atoms with Crippen LogP contribution in [0.2, 0.25) is 0 Å². The Kier molecular flexibility index (Phi) is 5.61. The molecular weight excluding hydrogens is 350 g/mol. The summed E-state index contributed by atoms with van der Waals surface area (Å²) < 4.78 is 31.0. The minimum absolute atomic E-state index is 0.0113. The van der Waals surface area contributed by atoms with Crippen LogP contribution in [0.5, 0.6) is 0 Å². The van der Waals surface area contributed by atoms with Crippen molar-refractivity contribution in [2.24, 2.45) is 0 Å². The number of nitrogens with zero attached hydrogens (tertiary/aromatic N) is 1. The number of hydrogen-bond donors (Lipinski definition) is 1. The first kappa shape index (κ1) is 19.0. The highest BCUT2D eigenvalue weighted by Crippen LogP contribution is 2.20. The standard InChI is InChI=1S/C17H14F2N2O5/c1-9-3-4-11(7-15(9)21(24)25)17(23)26-10(2)16(22)20-12-5-6-13(18)14(19)8-12/h3-8,10H,1-2H3,(H,20,22)/t10-/m1/s1. The van der Waals surface area contributed by atoms with Crippen molar-refractivity contribution in [3.05, 3.63) is 69.3 Å². The van der Waals surface area contributed by atoms with E-state index < -0.39 is 34.5 Å². The van der Waals surface area contributed by atoms with Gasteiger partial charge < -0.3 is 10.1 Å². The van der Waals surface area contributed by atoms with Crippen molar-refractivity contribution in [1.82, 2.24) is 0 Å². The summed E-state index contributed by atoms with van der Waals surface area (Å²) in [5.74, 6) is -3.91. The van der Waals surface area contributed by atoms with Gasteiger partial charge in [-0.15, -0.1) is 0 Å². The van der Waals surface area contributed by atoms with Gasteiger partial charge in [-0.05, 0) is 32.0 Å². The van der Waals surface area contributed by atoms with Crippen LogP contribution < -0.4 is 5.32 Å². The molecule has 2 aromatic rings. The highest BCUT2D eigenvalue weighted by Gasteiger charge is 2.21. The molecule has 0 aliphatic rings. The van der Waals surface area contributed by atoms with Gasteiger partial charge in [-0.3, -0.25) is 14.9 Å². The normalized spacial score (nSPS) is 11.5. The van der Waals surface area contributed by atoms with Crippen LogP contribution in [-0.2, 0) is 9.53 Å². The van der Waals surface area contributed by atoms with E-state index in [9.17, 15) is 28.5 Å². The molecule has 1 amide bonds. The van der Waals surface area contributed by atoms with E-state index in [-0.39, 0.29) is 16.9 Å². The molecule has 26 heavy (non-hydrogen) atoms. The number of amides is 1. The first-order chi connectivity index (χ1) is 12.2. The number of ether oxygens (including phenoxy) is 1. The molecule has 0 saturated carbocycles. The number of nitro groups is 1. The van der Waals surface area contributed by atoms with Crippen LogP contribution in [0.1, 0.15) is 22.8 Å². The van der Waals surface area contributed by atoms with Crippen molar-refractivity contribution >= 4 is 23.3 Å². The van der Waals surface area contributed by atoms with Crippen LogP contribution in [-0.4, -0.2) is 22.9 Å². The first-order valence-corrected chi connectivity index (χ1v) is 7.41. The van der Waals surface area contributed by atoms with E-state index in [2.05, 4.69) is 5.32 Å². The minimum Gasteiger partial charge on any atom is -0.449 e. The molecule has 136 valence electrons. The first-order valence-electron chi connectivity index (χ1n) is 7.41. The number of aryl methyl sites for hydroxylation is 1. The second-order valence-electron chi connectivity index (χ2n) is 5.42. The van der Waals surface area contributed by atoms with E-state index in [0.29, 0.717) is 5.56 Å². The Balaban J connectivity index is 2.06. The number of esters is 1. The number of rotatable bonds is 5. The lowest BCUT2D eigenvalue weighted by Gasteiger charge is -2.14. The number of benzene rings is 2. The third-order valence-electron chi connectivity index (χ3n) is 3.48. The minimum atomic E-state index is -1.27. The summed E-state index contributed by atoms with van der Waals surface area (Å²) in [6, 6.07) is 6.55. The Hall–Kier alpha value is -3.36. The summed E-state index contributed by atoms with van der Waals surface area (Å²) >= 11 is 0. The summed E-state index contributed by atoms with van der Waals surface area (Å²) in [6.45, 7) is 2.79. The second kappa shape index (κ2) is 7.68. The van der Waals surface area contributed by atoms with Crippen molar-refractivity contribution in [1.29, 1.82) is 0 Å². The molecular formula is C17H14F2N2O5. The van der Waals surface area contributed by atoms with Crippen molar-refractivity contribution in [2.45, 2.75) is 20.0 Å². The molecule has 2 rings (SSSR count). The van der Waals surface area contributed by atoms with E-state index in [1.807, 2.05) is 0 Å². The summed E-state index contributed by atoms with van der Waals surface area (Å²) in [4.78, 5) is 34.3. The third kappa shape index (κ3) is 4.38. The number of anilines is 1. The van der Waals surface area contributed by atoms with Gasteiger partial charge in [0, 0.05) is 23.4 Å². The van der Waals surface area contributed by atoms with Gasteiger partial charge >= 0.3 is 5.97 Å². The predicted octanol–water partition coefficient (Wildman–Crippen LogP) is 3.37. The quantitative estimate of drug-likeness (QED) is 0.498. The monoisotopic (exact) mass is 364 g/mol. The zero-order valence-corrected chi connectivity index (χ0v) is 13.8. The molecule has 1 atom stereocenters. The largest absolute Gasteiger partial charge is 0.449 e. The van der Waals surface area contributed by atoms with Gasteiger partial charge in [0.25, 0.3) is 11.6 Å². The van der Waals surface area contributed by atoms with Crippen molar-refractivity contribution in [3.8, 4) is 0 Å². The predicted molar refractivity (Wildman–Crippen MR) is 87.7 cm³/mol. The lowest BCUT2D eigenvalue weighted by Crippen LogP contribution is -2.30. The van der Waals surface area contributed by atoms with Gasteiger partial charge in [-0.25, -0.2) is 13.6 Å². The molecule has 0 aliphatic heterocycles. The van der Waals surface area contributed by atoms with Crippen LogP contribution in [0, 0.1) is 28.7 Å². The average molecular weight is 364 g/mol. The fraction of sp³-hybridized carbons (Fsp3) is 0.176. The lowest BCUT2D eigenvalue weighted by molar-refractivity contribution is -0.385. The van der Waals surface area contributed by atoms with E-state index in [1.165, 1.54) is 26.0 Å². The number of carbonyl (C=O) groups excluding carboxylic acids is 2. The average Bonchev–Trinajstić information content (AvgIpc) is 2.58. The van der Waals surface area contributed by atoms with Crippen LogP contribution in [0.25, 0.3) is 0 Å². The summed E-state index contributed by atoms with van der Waals surface area (Å²) in [7, 11) is 0. The van der Waals surface area contributed by atoms with Gasteiger partial charge in [-0.2, -0.15) is 0 Å². The number of nitrogens with one attached hydrogen (secondary N) is 1. The maximum absolute atomic E-state index is 13.1. The number of hydrogen-bond acceptors (Lipinski definition) is 5. The molecule has 0 fully saturated rings. The van der Waals surface area contributed by atoms with Gasteiger partial charge in [0.1, 0.15) is 0 Å². The number of nitro benzene ring substituents is 1. The van der Waals surface area contributed by atoms with Gasteiger partial charge in [-0.1, -0.05) is 6.07 Å². The molecule has 7 nitrogen and oxygen atoms in total. The lowest BCUT2D eigenvalue weighted by atomic mass is 10.1. The number of halogens is 2. The van der Waals surface area contributed by atoms with Gasteiger partial charge in [0.15, 0.2) is 17.7 Å². The summed E-state index contributed by atoms with van der Waals surface area (Å²) in [5, 5.41) is 13.2. The Morgan fingerprint density at radius 3 is 2.46 bits per heavy atom. The van der Waals surface area contributed by atoms with Crippen LogP contribution >= 0.6 is 0 Å². The Labute approximate surface area is 146 Å². The Bertz CT molecular complexity index is 885. The molecule has 0 aliphatic carbocycles. The maximum Gasteiger partial charge on any atom is 0.339 e. The second-order valence-corrected chi connectivity index (χ2v) is 5.42. The summed E-state index contributed by atoms with van der Waals surface area (Å²) in [5.41, 5.74) is 0.0200. The van der Waals surface area contributed by atoms with Crippen LogP contribution in [0.3, 0.4) is 0 Å². The summed E-state index contributed by atoms with van der Waals surface area (Å²) in [6.07, 6.45) is -1.27. The van der Waals surface area contributed by atoms with E-state index >= 15 is 0 Å². The van der Waals surface area contributed by atoms with E-state index in [0.717, 1.165) is 24.3 Å². The Morgan fingerprint density at radius 2 is 1.85 bits per heavy atom. The highest BCUT2D eigenvalue weighted by atomic mass is 19.2. The SMILES string of the molecule is Cc1ccc(C(=O)O[C@H](C)C(=O)Nc2ccc(F)c(F)c2)cc1[N+](=O)[O-]. The highest BCUT2D eigenvalue weighted by molar-refractivity contribution is 5.97. The molecule has 2 aromatic carbocycles. The van der Waals surface area contributed by atoms with Crippen LogP contribution in [0.4, 0.5) is 20.2 Å². The molecule has 0 unspecified atom stereocenters. The molecule has 0 heterocycles. The third-order valence-corrected chi connectivity index (χ3v) is 3.48. The molecule has 0 saturated heterocycles. The molecule has 0 spiro atoms. The zero-order chi connectivity index (χ0) is 19.4. The fourth-order valence-electron chi connectivity index (χ4n) is 2.03. The zero-order valence-electron chi connectivity index (χ0n) is 13.8. The van der Waals surface area contributed by atoms with Crippen molar-refractivity contribution in [3.63, 3.8) is 0 Å². The van der Waals surface area contributed by atoms with Crippen LogP contribution in [0.15, 0.2) is 36.4 Å². The van der Waals surface area contributed by atoms with Gasteiger partial charge in [0.2, 0.25) is 0 Å². The Morgan fingerprint density at radius 1 is 1.15 bits per heavy atom. The maximum atomic E-state index is 13.1. The molecule has 9 heteroatoms. The van der Waals surface area contributed by atoms with Crippen molar-refractivity contribution < 1.29 is 28.0 Å². The van der Waals surface area contributed by atoms with Gasteiger partial charge in [0.05, 0.1) is 10.5 Å². The van der Waals surface area contributed by atoms with Crippen molar-refractivity contribution in [2.75, 3.05) is 5.32 Å².